The number of carboxylic acid groups (broad SMARTS) is 1. The zero-order valence-corrected chi connectivity index (χ0v) is 10.9. The zero-order valence-electron chi connectivity index (χ0n) is 10.9. The average molecular weight is 280 g/mol. The van der Waals surface area contributed by atoms with Gasteiger partial charge in [-0.3, -0.25) is 4.79 Å². The first-order valence-electron chi connectivity index (χ1n) is 6.58. The average Bonchev–Trinajstić information content (AvgIpc) is 2.41. The van der Waals surface area contributed by atoms with E-state index in [2.05, 4.69) is 5.32 Å². The Morgan fingerprint density at radius 2 is 2.00 bits per heavy atom. The molecule has 0 bridgehead atoms. The largest absolute Gasteiger partial charge is 0.478 e. The molecule has 0 heterocycles. The molecule has 1 aromatic rings. The van der Waals surface area contributed by atoms with Gasteiger partial charge in [-0.05, 0) is 31.0 Å². The monoisotopic (exact) mass is 280 g/mol. The van der Waals surface area contributed by atoms with Gasteiger partial charge in [0.25, 0.3) is 0 Å². The molecule has 0 saturated heterocycles. The van der Waals surface area contributed by atoms with Gasteiger partial charge in [-0.2, -0.15) is 0 Å². The molecule has 2 unspecified atom stereocenters. The van der Waals surface area contributed by atoms with Crippen LogP contribution in [0.4, 0.5) is 10.1 Å². The van der Waals surface area contributed by atoms with Gasteiger partial charge in [-0.25, -0.2) is 9.18 Å². The molecule has 1 saturated carbocycles. The Morgan fingerprint density at radius 1 is 1.30 bits per heavy atom. The number of amides is 1. The quantitative estimate of drug-likeness (QED) is 0.789. The Bertz CT molecular complexity index is 533. The molecule has 2 rings (SSSR count). The summed E-state index contributed by atoms with van der Waals surface area (Å²) in [7, 11) is 0. The molecule has 2 atom stereocenters. The summed E-state index contributed by atoms with van der Waals surface area (Å²) in [6.45, 7) is 0. The minimum Gasteiger partial charge on any atom is -0.478 e. The van der Waals surface area contributed by atoms with E-state index in [0.717, 1.165) is 37.8 Å². The van der Waals surface area contributed by atoms with Gasteiger partial charge in [0.15, 0.2) is 0 Å². The van der Waals surface area contributed by atoms with Crippen LogP contribution in [0.1, 0.15) is 36.0 Å². The Hall–Kier alpha value is -1.95. The molecule has 0 spiro atoms. The van der Waals surface area contributed by atoms with Crippen LogP contribution >= 0.6 is 0 Å². The molecule has 1 fully saturated rings. The summed E-state index contributed by atoms with van der Waals surface area (Å²) in [4.78, 5) is 23.0. The predicted octanol–water partition coefficient (Wildman–Crippen LogP) is 1.98. The Balaban J connectivity index is 2.11. The Morgan fingerprint density at radius 3 is 2.65 bits per heavy atom. The highest BCUT2D eigenvalue weighted by Crippen LogP contribution is 2.24. The van der Waals surface area contributed by atoms with Crippen molar-refractivity contribution in [1.29, 1.82) is 0 Å². The third-order valence-corrected chi connectivity index (χ3v) is 3.62. The normalized spacial score (nSPS) is 22.3. The highest BCUT2D eigenvalue weighted by atomic mass is 19.1. The molecule has 5 nitrogen and oxygen atoms in total. The highest BCUT2D eigenvalue weighted by molar-refractivity contribution is 5.95. The van der Waals surface area contributed by atoms with Crippen molar-refractivity contribution in [3.8, 4) is 0 Å². The summed E-state index contributed by atoms with van der Waals surface area (Å²) in [5, 5.41) is 11.5. The number of anilines is 1. The van der Waals surface area contributed by atoms with Crippen LogP contribution in [-0.2, 0) is 4.79 Å². The molecule has 1 aromatic carbocycles. The van der Waals surface area contributed by atoms with E-state index in [1.807, 2.05) is 0 Å². The van der Waals surface area contributed by atoms with Crippen molar-refractivity contribution in [2.45, 2.75) is 31.7 Å². The van der Waals surface area contributed by atoms with Gasteiger partial charge in [0, 0.05) is 11.7 Å². The van der Waals surface area contributed by atoms with Crippen LogP contribution in [0.3, 0.4) is 0 Å². The van der Waals surface area contributed by atoms with Crippen LogP contribution in [0.5, 0.6) is 0 Å². The van der Waals surface area contributed by atoms with Crippen LogP contribution in [0.15, 0.2) is 18.2 Å². The minimum absolute atomic E-state index is 0.178. The molecule has 1 aliphatic rings. The molecule has 4 N–H and O–H groups in total. The molecule has 1 aliphatic carbocycles. The van der Waals surface area contributed by atoms with Gasteiger partial charge in [0.1, 0.15) is 5.82 Å². The fraction of sp³-hybridized carbons (Fsp3) is 0.429. The van der Waals surface area contributed by atoms with E-state index in [0.29, 0.717) is 0 Å². The first-order valence-corrected chi connectivity index (χ1v) is 6.58. The van der Waals surface area contributed by atoms with E-state index in [1.165, 1.54) is 6.07 Å². The second-order valence-corrected chi connectivity index (χ2v) is 5.04. The van der Waals surface area contributed by atoms with Crippen molar-refractivity contribution in [3.05, 3.63) is 29.6 Å². The van der Waals surface area contributed by atoms with E-state index >= 15 is 0 Å². The molecule has 108 valence electrons. The van der Waals surface area contributed by atoms with Crippen molar-refractivity contribution in [2.24, 2.45) is 11.7 Å². The Kier molecular flexibility index (Phi) is 4.34. The third-order valence-electron chi connectivity index (χ3n) is 3.62. The lowest BCUT2D eigenvalue weighted by Gasteiger charge is -2.27. The van der Waals surface area contributed by atoms with E-state index in [4.69, 9.17) is 10.8 Å². The second-order valence-electron chi connectivity index (χ2n) is 5.04. The van der Waals surface area contributed by atoms with Gasteiger partial charge in [-0.1, -0.05) is 12.8 Å². The number of carbonyl (C=O) groups excluding carboxylic acids is 1. The zero-order chi connectivity index (χ0) is 14.7. The SMILES string of the molecule is NC1CCCCC1C(=O)Nc1ccc(F)c(C(=O)O)c1. The molecule has 0 aromatic heterocycles. The van der Waals surface area contributed by atoms with E-state index in [9.17, 15) is 14.0 Å². The molecule has 20 heavy (non-hydrogen) atoms. The number of carbonyl (C=O) groups is 2. The van der Waals surface area contributed by atoms with E-state index in [-0.39, 0.29) is 23.6 Å². The summed E-state index contributed by atoms with van der Waals surface area (Å²) in [6.07, 6.45) is 3.50. The van der Waals surface area contributed by atoms with Crippen LogP contribution < -0.4 is 11.1 Å². The maximum atomic E-state index is 13.3. The molecule has 0 aliphatic heterocycles. The maximum absolute atomic E-state index is 13.3. The summed E-state index contributed by atoms with van der Waals surface area (Å²) in [5.74, 6) is -2.71. The highest BCUT2D eigenvalue weighted by Gasteiger charge is 2.28. The number of benzene rings is 1. The molecule has 6 heteroatoms. The van der Waals surface area contributed by atoms with Crippen LogP contribution in [-0.4, -0.2) is 23.0 Å². The summed E-state index contributed by atoms with van der Waals surface area (Å²) in [5.41, 5.74) is 5.73. The predicted molar refractivity (Wildman–Crippen MR) is 71.9 cm³/mol. The summed E-state index contributed by atoms with van der Waals surface area (Å²) >= 11 is 0. The standard InChI is InChI=1S/C14H17FN2O3/c15-11-6-5-8(7-10(11)14(19)20)17-13(18)9-3-1-2-4-12(9)16/h5-7,9,12H,1-4,16H2,(H,17,18)(H,19,20). The van der Waals surface area contributed by atoms with Crippen molar-refractivity contribution < 1.29 is 19.1 Å². The van der Waals surface area contributed by atoms with Crippen LogP contribution in [0.25, 0.3) is 0 Å². The number of halogens is 1. The number of carboxylic acids is 1. The lowest BCUT2D eigenvalue weighted by atomic mass is 9.84. The van der Waals surface area contributed by atoms with Crippen LogP contribution in [0.2, 0.25) is 0 Å². The van der Waals surface area contributed by atoms with Gasteiger partial charge in [0.2, 0.25) is 5.91 Å². The topological polar surface area (TPSA) is 92.4 Å². The second kappa shape index (κ2) is 6.00. The van der Waals surface area contributed by atoms with Gasteiger partial charge in [0.05, 0.1) is 11.5 Å². The maximum Gasteiger partial charge on any atom is 0.338 e. The van der Waals surface area contributed by atoms with Crippen molar-refractivity contribution in [2.75, 3.05) is 5.32 Å². The van der Waals surface area contributed by atoms with Crippen molar-refractivity contribution in [3.63, 3.8) is 0 Å². The number of hydrogen-bond acceptors (Lipinski definition) is 3. The number of rotatable bonds is 3. The first-order chi connectivity index (χ1) is 9.49. The van der Waals surface area contributed by atoms with E-state index < -0.39 is 17.3 Å². The molecule has 0 radical (unpaired) electrons. The van der Waals surface area contributed by atoms with Gasteiger partial charge < -0.3 is 16.2 Å². The summed E-state index contributed by atoms with van der Waals surface area (Å²) in [6, 6.07) is 3.31. The first kappa shape index (κ1) is 14.5. The molecular formula is C14H17FN2O3. The Labute approximate surface area is 116 Å². The van der Waals surface area contributed by atoms with Gasteiger partial charge >= 0.3 is 5.97 Å². The number of hydrogen-bond donors (Lipinski definition) is 3. The lowest BCUT2D eigenvalue weighted by Crippen LogP contribution is -2.40. The number of aromatic carboxylic acids is 1. The lowest BCUT2D eigenvalue weighted by molar-refractivity contribution is -0.121. The minimum atomic E-state index is -1.37. The van der Waals surface area contributed by atoms with E-state index in [1.54, 1.807) is 0 Å². The van der Waals surface area contributed by atoms with Crippen molar-refractivity contribution >= 4 is 17.6 Å². The third kappa shape index (κ3) is 3.14. The van der Waals surface area contributed by atoms with Gasteiger partial charge in [-0.15, -0.1) is 0 Å². The number of nitrogens with two attached hydrogens (primary N) is 1. The fourth-order valence-corrected chi connectivity index (χ4v) is 2.49. The summed E-state index contributed by atoms with van der Waals surface area (Å²) < 4.78 is 13.3. The molecular weight excluding hydrogens is 263 g/mol. The van der Waals surface area contributed by atoms with Crippen LogP contribution in [0, 0.1) is 11.7 Å². The molecule has 1 amide bonds. The number of nitrogens with one attached hydrogen (secondary N) is 1. The smallest absolute Gasteiger partial charge is 0.338 e. The fourth-order valence-electron chi connectivity index (χ4n) is 2.49. The van der Waals surface area contributed by atoms with Crippen molar-refractivity contribution in [1.82, 2.24) is 0 Å².